The van der Waals surface area contributed by atoms with Gasteiger partial charge in [-0.1, -0.05) is 13.8 Å². The highest BCUT2D eigenvalue weighted by Gasteiger charge is 2.32. The van der Waals surface area contributed by atoms with Crippen molar-refractivity contribution in [2.45, 2.75) is 39.0 Å². The Morgan fingerprint density at radius 3 is 2.88 bits per heavy atom. The van der Waals surface area contributed by atoms with E-state index in [9.17, 15) is 9.59 Å². The molecule has 0 radical (unpaired) electrons. The normalized spacial score (nSPS) is 29.5. The second-order valence-electron chi connectivity index (χ2n) is 4.27. The summed E-state index contributed by atoms with van der Waals surface area (Å²) in [5, 5.41) is 0. The quantitative estimate of drug-likeness (QED) is 0.810. The van der Waals surface area contributed by atoms with Crippen LogP contribution >= 0.6 is 0 Å². The number of nitrogens with one attached hydrogen (secondary N) is 1. The molecular weight excluding hydrogens is 208 g/mol. The zero-order chi connectivity index (χ0) is 11.7. The molecule has 1 aromatic heterocycles. The molecule has 1 aliphatic rings. The fraction of sp³-hybridized carbons (Fsp3) is 0.636. The zero-order valence-corrected chi connectivity index (χ0v) is 9.47. The van der Waals surface area contributed by atoms with Crippen molar-refractivity contribution >= 4 is 0 Å². The second kappa shape index (κ2) is 4.25. The summed E-state index contributed by atoms with van der Waals surface area (Å²) in [7, 11) is 0. The molecule has 2 heterocycles. The monoisotopic (exact) mass is 224 g/mol. The lowest BCUT2D eigenvalue weighted by Crippen LogP contribution is -2.31. The molecule has 16 heavy (non-hydrogen) atoms. The Hall–Kier alpha value is -1.36. The molecule has 3 atom stereocenters. The Morgan fingerprint density at radius 1 is 1.56 bits per heavy atom. The van der Waals surface area contributed by atoms with Gasteiger partial charge < -0.3 is 4.74 Å². The van der Waals surface area contributed by atoms with Crippen molar-refractivity contribution in [1.82, 2.24) is 9.55 Å². The number of aromatic nitrogens is 2. The molecule has 0 spiro atoms. The van der Waals surface area contributed by atoms with Crippen LogP contribution in [0.2, 0.25) is 0 Å². The lowest BCUT2D eigenvalue weighted by molar-refractivity contribution is -0.00758. The Morgan fingerprint density at radius 2 is 2.31 bits per heavy atom. The van der Waals surface area contributed by atoms with Gasteiger partial charge in [-0.05, 0) is 18.8 Å². The van der Waals surface area contributed by atoms with E-state index < -0.39 is 5.69 Å². The molecule has 2 rings (SSSR count). The molecule has 0 aromatic carbocycles. The molecule has 0 unspecified atom stereocenters. The molecule has 0 saturated carbocycles. The maximum Gasteiger partial charge on any atom is 0.330 e. The Labute approximate surface area is 93.1 Å². The average molecular weight is 224 g/mol. The first-order valence-electron chi connectivity index (χ1n) is 5.58. The average Bonchev–Trinajstić information content (AvgIpc) is 2.59. The number of aromatic amines is 1. The Bertz CT molecular complexity index is 477. The van der Waals surface area contributed by atoms with E-state index in [0.717, 1.165) is 12.8 Å². The zero-order valence-electron chi connectivity index (χ0n) is 9.47. The maximum atomic E-state index is 11.6. The van der Waals surface area contributed by atoms with Crippen molar-refractivity contribution in [2.24, 2.45) is 5.92 Å². The van der Waals surface area contributed by atoms with Gasteiger partial charge >= 0.3 is 5.69 Å². The van der Waals surface area contributed by atoms with Crippen LogP contribution in [0.25, 0.3) is 0 Å². The summed E-state index contributed by atoms with van der Waals surface area (Å²) in [6.07, 6.45) is 3.20. The summed E-state index contributed by atoms with van der Waals surface area (Å²) < 4.78 is 7.22. The topological polar surface area (TPSA) is 64.1 Å². The fourth-order valence-corrected chi connectivity index (χ4v) is 2.19. The summed E-state index contributed by atoms with van der Waals surface area (Å²) in [5.74, 6) is 0.439. The summed E-state index contributed by atoms with van der Waals surface area (Å²) in [4.78, 5) is 24.7. The van der Waals surface area contributed by atoms with Crippen molar-refractivity contribution in [2.75, 3.05) is 0 Å². The predicted molar refractivity (Wildman–Crippen MR) is 59.3 cm³/mol. The molecule has 1 N–H and O–H groups in total. The van der Waals surface area contributed by atoms with E-state index in [4.69, 9.17) is 4.74 Å². The molecule has 0 aliphatic carbocycles. The minimum absolute atomic E-state index is 0.198. The number of nitrogens with zero attached hydrogens (tertiary/aromatic N) is 1. The van der Waals surface area contributed by atoms with E-state index in [1.165, 1.54) is 16.8 Å². The van der Waals surface area contributed by atoms with Crippen LogP contribution in [0.3, 0.4) is 0 Å². The lowest BCUT2D eigenvalue weighted by Gasteiger charge is -2.14. The third-order valence-corrected chi connectivity index (χ3v) is 3.10. The molecule has 1 saturated heterocycles. The number of rotatable bonds is 2. The van der Waals surface area contributed by atoms with Gasteiger partial charge in [0.05, 0.1) is 6.10 Å². The molecule has 88 valence electrons. The summed E-state index contributed by atoms with van der Waals surface area (Å²) in [6, 6.07) is 1.34. The number of hydrogen-bond donors (Lipinski definition) is 1. The minimum Gasteiger partial charge on any atom is -0.354 e. The molecule has 1 aliphatic heterocycles. The van der Waals surface area contributed by atoms with Crippen LogP contribution in [-0.2, 0) is 4.74 Å². The Balaban J connectivity index is 2.27. The largest absolute Gasteiger partial charge is 0.354 e. The standard InChI is InChI=1S/C11H16N2O3/c1-3-8-7(2)6-10(16-8)13-5-4-9(14)12-11(13)15/h4-5,7-8,10H,3,6H2,1-2H3,(H,12,14,15)/t7-,8-,10-/m1/s1. The lowest BCUT2D eigenvalue weighted by atomic mass is 10.0. The molecular formula is C11H16N2O3. The van der Waals surface area contributed by atoms with Gasteiger partial charge in [0, 0.05) is 12.3 Å². The van der Waals surface area contributed by atoms with Crippen LogP contribution in [0.4, 0.5) is 0 Å². The maximum absolute atomic E-state index is 11.6. The first-order chi connectivity index (χ1) is 7.61. The van der Waals surface area contributed by atoms with Crippen molar-refractivity contribution < 1.29 is 4.74 Å². The smallest absolute Gasteiger partial charge is 0.330 e. The number of hydrogen-bond acceptors (Lipinski definition) is 3. The van der Waals surface area contributed by atoms with Gasteiger partial charge in [0.1, 0.15) is 6.23 Å². The van der Waals surface area contributed by atoms with E-state index in [0.29, 0.717) is 5.92 Å². The summed E-state index contributed by atoms with van der Waals surface area (Å²) >= 11 is 0. The third-order valence-electron chi connectivity index (χ3n) is 3.10. The predicted octanol–water partition coefficient (Wildman–Crippen LogP) is 0.870. The van der Waals surface area contributed by atoms with Crippen LogP contribution in [0, 0.1) is 5.92 Å². The minimum atomic E-state index is -0.401. The third kappa shape index (κ3) is 1.95. The first-order valence-corrected chi connectivity index (χ1v) is 5.58. The van der Waals surface area contributed by atoms with Crippen molar-refractivity contribution in [3.05, 3.63) is 33.1 Å². The fourth-order valence-electron chi connectivity index (χ4n) is 2.19. The van der Waals surface area contributed by atoms with Gasteiger partial charge in [-0.3, -0.25) is 14.3 Å². The molecule has 1 aromatic rings. The van der Waals surface area contributed by atoms with Crippen LogP contribution in [0.1, 0.15) is 32.9 Å². The van der Waals surface area contributed by atoms with Crippen molar-refractivity contribution in [3.63, 3.8) is 0 Å². The van der Waals surface area contributed by atoms with Crippen LogP contribution in [0.5, 0.6) is 0 Å². The van der Waals surface area contributed by atoms with Gasteiger partial charge in [-0.25, -0.2) is 4.79 Å². The molecule has 5 nitrogen and oxygen atoms in total. The highest BCUT2D eigenvalue weighted by Crippen LogP contribution is 2.33. The van der Waals surface area contributed by atoms with Gasteiger partial charge in [-0.2, -0.15) is 0 Å². The SMILES string of the molecule is CC[C@H]1O[C@@H](n2ccc(=O)[nH]c2=O)C[C@H]1C. The molecule has 0 bridgehead atoms. The second-order valence-corrected chi connectivity index (χ2v) is 4.27. The van der Waals surface area contributed by atoms with E-state index in [2.05, 4.69) is 18.8 Å². The van der Waals surface area contributed by atoms with Crippen LogP contribution < -0.4 is 11.2 Å². The van der Waals surface area contributed by atoms with E-state index >= 15 is 0 Å². The highest BCUT2D eigenvalue weighted by atomic mass is 16.5. The van der Waals surface area contributed by atoms with E-state index in [1.807, 2.05) is 0 Å². The first kappa shape index (κ1) is 11.1. The van der Waals surface area contributed by atoms with Crippen LogP contribution in [-0.4, -0.2) is 15.7 Å². The van der Waals surface area contributed by atoms with Gasteiger partial charge in [0.2, 0.25) is 0 Å². The van der Waals surface area contributed by atoms with E-state index in [1.54, 1.807) is 0 Å². The molecule has 1 fully saturated rings. The van der Waals surface area contributed by atoms with Crippen molar-refractivity contribution in [1.29, 1.82) is 0 Å². The van der Waals surface area contributed by atoms with Gasteiger partial charge in [-0.15, -0.1) is 0 Å². The number of ether oxygens (including phenoxy) is 1. The molecule has 0 amide bonds. The number of H-pyrrole nitrogens is 1. The van der Waals surface area contributed by atoms with Gasteiger partial charge in [0.25, 0.3) is 5.56 Å². The molecule has 5 heteroatoms. The summed E-state index contributed by atoms with van der Waals surface area (Å²) in [6.45, 7) is 4.18. The highest BCUT2D eigenvalue weighted by molar-refractivity contribution is 4.87. The van der Waals surface area contributed by atoms with E-state index in [-0.39, 0.29) is 17.9 Å². The van der Waals surface area contributed by atoms with Crippen molar-refractivity contribution in [3.8, 4) is 0 Å². The van der Waals surface area contributed by atoms with Gasteiger partial charge in [0.15, 0.2) is 0 Å². The Kier molecular flexibility index (Phi) is 2.96. The summed E-state index contributed by atoms with van der Waals surface area (Å²) in [5.41, 5.74) is -0.777. The van der Waals surface area contributed by atoms with Crippen LogP contribution in [0.15, 0.2) is 21.9 Å².